The Morgan fingerprint density at radius 2 is 1.50 bits per heavy atom. The summed E-state index contributed by atoms with van der Waals surface area (Å²) in [5.74, 6) is -0.0625. The van der Waals surface area contributed by atoms with E-state index in [1.165, 1.54) is 19.9 Å². The quantitative estimate of drug-likeness (QED) is 0.250. The van der Waals surface area contributed by atoms with Gasteiger partial charge in [-0.25, -0.2) is 0 Å². The van der Waals surface area contributed by atoms with E-state index < -0.39 is 0 Å². The second kappa shape index (κ2) is 22.4. The number of aliphatic hydroxyl groups is 1. The maximum atomic E-state index is 10.0. The maximum absolute atomic E-state index is 10.0. The van der Waals surface area contributed by atoms with Crippen LogP contribution in [-0.2, 0) is 33.6 Å². The van der Waals surface area contributed by atoms with E-state index in [0.717, 1.165) is 0 Å². The minimum atomic E-state index is -0.125. The van der Waals surface area contributed by atoms with Crippen molar-refractivity contribution in [1.29, 1.82) is 0 Å². The Labute approximate surface area is 83.9 Å². The Morgan fingerprint density at radius 3 is 1.50 bits per heavy atom. The van der Waals surface area contributed by atoms with Crippen LogP contribution in [0.5, 0.6) is 0 Å². The van der Waals surface area contributed by atoms with Gasteiger partial charge < -0.3 is 5.11 Å². The molecule has 1 radical (unpaired) electrons. The van der Waals surface area contributed by atoms with Gasteiger partial charge in [0.2, 0.25) is 0 Å². The first kappa shape index (κ1) is 22.5. The van der Waals surface area contributed by atoms with Crippen molar-refractivity contribution in [3.05, 3.63) is 25.1 Å². The summed E-state index contributed by atoms with van der Waals surface area (Å²) in [6, 6.07) is 0. The van der Waals surface area contributed by atoms with Gasteiger partial charge in [0.15, 0.2) is 5.78 Å². The minimum absolute atomic E-state index is 0. The van der Waals surface area contributed by atoms with Gasteiger partial charge in [-0.2, -0.15) is 0 Å². The second-order valence-electron chi connectivity index (χ2n) is 1.40. The van der Waals surface area contributed by atoms with Gasteiger partial charge in [-0.3, -0.25) is 4.79 Å². The van der Waals surface area contributed by atoms with Gasteiger partial charge in [-0.15, -0.1) is 0 Å². The van der Waals surface area contributed by atoms with E-state index in [1.807, 2.05) is 0 Å². The number of hydrogen-bond acceptors (Lipinski definition) is 2. The summed E-state index contributed by atoms with van der Waals surface area (Å²) in [5.41, 5.74) is 0. The molecule has 0 heterocycles. The minimum Gasteiger partial charge on any atom is 0 e. The molecule has 0 aromatic heterocycles. The van der Waals surface area contributed by atoms with Gasteiger partial charge in [-0.05, 0) is 13.8 Å². The van der Waals surface area contributed by atoms with Crippen molar-refractivity contribution < 1.29 is 38.7 Å². The third-order valence-corrected chi connectivity index (χ3v) is 0.412. The SMILES string of the molecule is CC(=O)C=C(C)O.[C-]#[O+].[C-]#[O+].[Rh]. The molecule has 0 aromatic rings. The van der Waals surface area contributed by atoms with E-state index >= 15 is 0 Å². The van der Waals surface area contributed by atoms with E-state index in [0.29, 0.717) is 0 Å². The number of carbonyl (C=O) groups is 1. The summed E-state index contributed by atoms with van der Waals surface area (Å²) in [6.45, 7) is 11.8. The molecule has 0 aliphatic carbocycles. The number of rotatable bonds is 1. The summed E-state index contributed by atoms with van der Waals surface area (Å²) >= 11 is 0. The maximum Gasteiger partial charge on any atom is 0 e. The predicted molar refractivity (Wildman–Crippen MR) is 34.9 cm³/mol. The molecule has 0 aromatic carbocycles. The van der Waals surface area contributed by atoms with E-state index in [-0.39, 0.29) is 31.0 Å². The van der Waals surface area contributed by atoms with Crippen molar-refractivity contribution in [1.82, 2.24) is 0 Å². The average molecular weight is 259 g/mol. The summed E-state index contributed by atoms with van der Waals surface area (Å²) < 4.78 is 15.0. The number of ketones is 1. The summed E-state index contributed by atoms with van der Waals surface area (Å²) in [7, 11) is 0. The number of aliphatic hydroxyl groups excluding tert-OH is 1. The zero-order valence-electron chi connectivity index (χ0n) is 6.58. The van der Waals surface area contributed by atoms with Gasteiger partial charge in [0, 0.05) is 25.6 Å². The molecule has 69 valence electrons. The summed E-state index contributed by atoms with van der Waals surface area (Å²) in [6.07, 6.45) is 1.17. The topological polar surface area (TPSA) is 77.1 Å². The molecule has 0 saturated heterocycles. The standard InChI is InChI=1S/C5H8O2.2CO.Rh/c1-4(6)3-5(2)7;2*1-2;/h3,6H,1-2H3;;;. The Kier molecular flexibility index (Phi) is 42.1. The molecule has 0 aliphatic rings. The molecule has 0 bridgehead atoms. The van der Waals surface area contributed by atoms with E-state index in [1.54, 1.807) is 0 Å². The molecule has 0 unspecified atom stereocenters. The zero-order valence-corrected chi connectivity index (χ0v) is 8.22. The van der Waals surface area contributed by atoms with Gasteiger partial charge in [0.1, 0.15) is 0 Å². The van der Waals surface area contributed by atoms with Crippen LogP contribution in [0, 0.1) is 13.3 Å². The summed E-state index contributed by atoms with van der Waals surface area (Å²) in [4.78, 5) is 10.0. The molecule has 0 amide bonds. The molecule has 0 rings (SSSR count). The normalized spacial score (nSPS) is 7.00. The molecule has 0 saturated carbocycles. The van der Waals surface area contributed by atoms with Crippen LogP contribution in [0.1, 0.15) is 13.8 Å². The monoisotopic (exact) mass is 259 g/mol. The first-order valence-corrected chi connectivity index (χ1v) is 2.41. The van der Waals surface area contributed by atoms with Crippen LogP contribution in [-0.4, -0.2) is 10.9 Å². The van der Waals surface area contributed by atoms with Crippen LogP contribution in [0.3, 0.4) is 0 Å². The van der Waals surface area contributed by atoms with Gasteiger partial charge in [-0.1, -0.05) is 0 Å². The Balaban J connectivity index is -0.0000000560. The fourth-order valence-corrected chi connectivity index (χ4v) is 0.294. The molecular weight excluding hydrogens is 251 g/mol. The third-order valence-electron chi connectivity index (χ3n) is 0.412. The van der Waals surface area contributed by atoms with Crippen molar-refractivity contribution in [3.63, 3.8) is 0 Å². The van der Waals surface area contributed by atoms with Crippen molar-refractivity contribution in [2.24, 2.45) is 0 Å². The molecular formula is C7H8O4Rh. The third kappa shape index (κ3) is 58.6. The smallest absolute Gasteiger partial charge is 0 e. The Morgan fingerprint density at radius 1 is 1.25 bits per heavy atom. The van der Waals surface area contributed by atoms with Crippen LogP contribution in [0.15, 0.2) is 11.8 Å². The van der Waals surface area contributed by atoms with Crippen LogP contribution < -0.4 is 0 Å². The fourth-order valence-electron chi connectivity index (χ4n) is 0.294. The average Bonchev–Trinajstić information content (AvgIpc) is 1.93. The van der Waals surface area contributed by atoms with Crippen molar-refractivity contribution in [2.75, 3.05) is 0 Å². The second-order valence-corrected chi connectivity index (χ2v) is 1.40. The fraction of sp³-hybridized carbons (Fsp3) is 0.286. The van der Waals surface area contributed by atoms with Gasteiger partial charge in [0.25, 0.3) is 0 Å². The largest absolute Gasteiger partial charge is 0 e. The number of carbonyl (C=O) groups excluding carboxylic acids is 1. The van der Waals surface area contributed by atoms with E-state index in [9.17, 15) is 4.79 Å². The molecule has 4 nitrogen and oxygen atoms in total. The first-order valence-electron chi connectivity index (χ1n) is 2.41. The van der Waals surface area contributed by atoms with Crippen LogP contribution >= 0.6 is 0 Å². The molecule has 0 aliphatic heterocycles. The molecule has 1 N–H and O–H groups in total. The molecule has 0 atom stereocenters. The first-order chi connectivity index (χ1) is 5.13. The van der Waals surface area contributed by atoms with Crippen molar-refractivity contribution in [3.8, 4) is 0 Å². The van der Waals surface area contributed by atoms with Crippen molar-refractivity contribution >= 4 is 5.78 Å². The van der Waals surface area contributed by atoms with Crippen LogP contribution in [0.4, 0.5) is 0 Å². The molecule has 12 heavy (non-hydrogen) atoms. The number of hydrogen-bond donors (Lipinski definition) is 1. The Hall–Kier alpha value is -0.687. The molecule has 5 heteroatoms. The predicted octanol–water partition coefficient (Wildman–Crippen LogP) is 0.960. The van der Waals surface area contributed by atoms with Gasteiger partial charge in [0.05, 0.1) is 5.76 Å². The van der Waals surface area contributed by atoms with E-state index in [2.05, 4.69) is 13.3 Å². The number of allylic oxidation sites excluding steroid dienone is 2. The van der Waals surface area contributed by atoms with Gasteiger partial charge >= 0.3 is 22.6 Å². The summed E-state index contributed by atoms with van der Waals surface area (Å²) in [5, 5.41) is 8.36. The van der Waals surface area contributed by atoms with Crippen LogP contribution in [0.25, 0.3) is 0 Å². The van der Waals surface area contributed by atoms with E-state index in [4.69, 9.17) is 14.4 Å². The van der Waals surface area contributed by atoms with Crippen LogP contribution in [0.2, 0.25) is 0 Å². The van der Waals surface area contributed by atoms with Crippen molar-refractivity contribution in [2.45, 2.75) is 13.8 Å². The zero-order chi connectivity index (χ0) is 9.86. The Bertz CT molecular complexity index is 159. The molecule has 0 fully saturated rings. The molecule has 0 spiro atoms.